The first-order chi connectivity index (χ1) is 16.1. The molecule has 1 heterocycles. The fourth-order valence-electron chi connectivity index (χ4n) is 3.17. The Hall–Kier alpha value is -3.97. The van der Waals surface area contributed by atoms with Crippen molar-refractivity contribution in [3.8, 4) is 0 Å². The molecule has 3 unspecified atom stereocenters. The quantitative estimate of drug-likeness (QED) is 0.160. The maximum absolute atomic E-state index is 12.7. The Morgan fingerprint density at radius 1 is 0.941 bits per heavy atom. The molecule has 184 valence electrons. The van der Waals surface area contributed by atoms with Crippen LogP contribution in [0.25, 0.3) is 10.9 Å². The normalized spacial score (nSPS) is 13.5. The maximum atomic E-state index is 12.7. The number of fused-ring (bicyclic) bond motifs is 1. The van der Waals surface area contributed by atoms with E-state index in [2.05, 4.69) is 20.9 Å². The number of aromatic nitrogens is 1. The third-order valence-corrected chi connectivity index (χ3v) is 4.97. The van der Waals surface area contributed by atoms with Crippen LogP contribution in [-0.4, -0.2) is 81.2 Å². The number of benzene rings is 1. The number of hydrogen-bond acceptors (Lipinski definition) is 7. The molecule has 0 spiro atoms. The molecule has 0 aliphatic heterocycles. The molecule has 0 fully saturated rings. The van der Waals surface area contributed by atoms with Gasteiger partial charge in [-0.2, -0.15) is 0 Å². The lowest BCUT2D eigenvalue weighted by Crippen LogP contribution is -2.57. The van der Waals surface area contributed by atoms with Crippen molar-refractivity contribution in [2.45, 2.75) is 37.4 Å². The summed E-state index contributed by atoms with van der Waals surface area (Å²) in [5.74, 6) is -4.95. The summed E-state index contributed by atoms with van der Waals surface area (Å²) < 4.78 is 0. The molecule has 0 aliphatic rings. The highest BCUT2D eigenvalue weighted by Crippen LogP contribution is 2.19. The molecule has 0 saturated carbocycles. The molecule has 0 aliphatic carbocycles. The van der Waals surface area contributed by atoms with Crippen LogP contribution in [0, 0.1) is 0 Å². The summed E-state index contributed by atoms with van der Waals surface area (Å²) in [6.07, 6.45) is 1.11. The van der Waals surface area contributed by atoms with Gasteiger partial charge in [-0.3, -0.25) is 24.0 Å². The van der Waals surface area contributed by atoms with Crippen molar-refractivity contribution in [2.75, 3.05) is 13.2 Å². The zero-order valence-electron chi connectivity index (χ0n) is 18.1. The number of hydrogen-bond donors (Lipinski definition) is 8. The first-order valence-electron chi connectivity index (χ1n) is 10.4. The average Bonchev–Trinajstić information content (AvgIpc) is 3.21. The highest BCUT2D eigenvalue weighted by molar-refractivity contribution is 5.94. The van der Waals surface area contributed by atoms with Gasteiger partial charge in [-0.15, -0.1) is 0 Å². The molecule has 13 heteroatoms. The zero-order chi connectivity index (χ0) is 25.3. The Labute approximate surface area is 193 Å². The summed E-state index contributed by atoms with van der Waals surface area (Å²) in [5.41, 5.74) is 7.09. The third kappa shape index (κ3) is 7.56. The third-order valence-electron chi connectivity index (χ3n) is 4.97. The molecule has 0 radical (unpaired) electrons. The number of carboxylic acids is 2. The van der Waals surface area contributed by atoms with Crippen molar-refractivity contribution in [3.63, 3.8) is 0 Å². The lowest BCUT2D eigenvalue weighted by Gasteiger charge is -2.23. The van der Waals surface area contributed by atoms with Gasteiger partial charge in [0.05, 0.1) is 12.6 Å². The van der Waals surface area contributed by atoms with Crippen molar-refractivity contribution < 1.29 is 39.3 Å². The Kier molecular flexibility index (Phi) is 9.52. The van der Waals surface area contributed by atoms with E-state index in [0.29, 0.717) is 5.56 Å². The molecule has 2 aromatic rings. The fraction of sp³-hybridized carbons (Fsp3) is 0.381. The lowest BCUT2D eigenvalue weighted by atomic mass is 10.0. The van der Waals surface area contributed by atoms with E-state index in [4.69, 9.17) is 15.9 Å². The molecule has 9 N–H and O–H groups in total. The van der Waals surface area contributed by atoms with Crippen LogP contribution in [0.2, 0.25) is 0 Å². The molecule has 0 saturated heterocycles. The van der Waals surface area contributed by atoms with E-state index in [1.54, 1.807) is 12.3 Å². The van der Waals surface area contributed by atoms with E-state index in [-0.39, 0.29) is 19.3 Å². The van der Waals surface area contributed by atoms with Crippen LogP contribution in [0.1, 0.15) is 18.4 Å². The SMILES string of the molecule is NC(CCC(=O)O)C(=O)NC(CO)C(=O)NC(Cc1c[nH]c2ccccc12)C(=O)NCC(=O)O. The van der Waals surface area contributed by atoms with Crippen LogP contribution < -0.4 is 21.7 Å². The second-order valence-corrected chi connectivity index (χ2v) is 7.52. The molecule has 1 aromatic carbocycles. The minimum atomic E-state index is -1.47. The Bertz CT molecular complexity index is 1050. The number of para-hydroxylation sites is 1. The van der Waals surface area contributed by atoms with E-state index < -0.39 is 60.9 Å². The number of rotatable bonds is 13. The van der Waals surface area contributed by atoms with Gasteiger partial charge in [0, 0.05) is 29.9 Å². The maximum Gasteiger partial charge on any atom is 0.322 e. The molecular formula is C21H27N5O8. The van der Waals surface area contributed by atoms with Gasteiger partial charge in [-0.1, -0.05) is 18.2 Å². The molecule has 3 atom stereocenters. The molecule has 1 aromatic heterocycles. The van der Waals surface area contributed by atoms with E-state index in [9.17, 15) is 29.1 Å². The molecule has 3 amide bonds. The van der Waals surface area contributed by atoms with Gasteiger partial charge in [0.15, 0.2) is 0 Å². The van der Waals surface area contributed by atoms with Gasteiger partial charge in [0.2, 0.25) is 17.7 Å². The van der Waals surface area contributed by atoms with Crippen molar-refractivity contribution in [3.05, 3.63) is 36.0 Å². The van der Waals surface area contributed by atoms with Crippen LogP contribution in [0.4, 0.5) is 0 Å². The molecule has 13 nitrogen and oxygen atoms in total. The van der Waals surface area contributed by atoms with Crippen LogP contribution >= 0.6 is 0 Å². The number of H-pyrrole nitrogens is 1. The first kappa shape index (κ1) is 26.3. The van der Waals surface area contributed by atoms with Gasteiger partial charge in [0.25, 0.3) is 0 Å². The predicted molar refractivity (Wildman–Crippen MR) is 118 cm³/mol. The minimum absolute atomic E-state index is 0.00851. The number of amides is 3. The summed E-state index contributed by atoms with van der Waals surface area (Å²) in [5, 5.41) is 34.8. The van der Waals surface area contributed by atoms with Gasteiger partial charge in [-0.25, -0.2) is 0 Å². The van der Waals surface area contributed by atoms with E-state index in [0.717, 1.165) is 10.9 Å². The molecule has 0 bridgehead atoms. The zero-order valence-corrected chi connectivity index (χ0v) is 18.1. The summed E-state index contributed by atoms with van der Waals surface area (Å²) >= 11 is 0. The van der Waals surface area contributed by atoms with Gasteiger partial charge in [-0.05, 0) is 18.1 Å². The number of aliphatic carboxylic acids is 2. The Morgan fingerprint density at radius 2 is 1.62 bits per heavy atom. The molecule has 34 heavy (non-hydrogen) atoms. The van der Waals surface area contributed by atoms with Crippen LogP contribution in [0.15, 0.2) is 30.5 Å². The number of carbonyl (C=O) groups excluding carboxylic acids is 3. The van der Waals surface area contributed by atoms with Crippen molar-refractivity contribution in [2.24, 2.45) is 5.73 Å². The Morgan fingerprint density at radius 3 is 2.26 bits per heavy atom. The van der Waals surface area contributed by atoms with Gasteiger partial charge in [0.1, 0.15) is 18.6 Å². The van der Waals surface area contributed by atoms with Crippen molar-refractivity contribution >= 4 is 40.6 Å². The van der Waals surface area contributed by atoms with Crippen LogP contribution in [0.5, 0.6) is 0 Å². The van der Waals surface area contributed by atoms with Gasteiger partial charge < -0.3 is 42.0 Å². The van der Waals surface area contributed by atoms with Crippen molar-refractivity contribution in [1.29, 1.82) is 0 Å². The summed E-state index contributed by atoms with van der Waals surface area (Å²) in [7, 11) is 0. The Balaban J connectivity index is 2.13. The predicted octanol–water partition coefficient (Wildman–Crippen LogP) is -1.93. The smallest absolute Gasteiger partial charge is 0.322 e. The summed E-state index contributed by atoms with van der Waals surface area (Å²) in [6, 6.07) is 3.32. The van der Waals surface area contributed by atoms with Crippen molar-refractivity contribution in [1.82, 2.24) is 20.9 Å². The second-order valence-electron chi connectivity index (χ2n) is 7.52. The molecular weight excluding hydrogens is 450 g/mol. The van der Waals surface area contributed by atoms with Gasteiger partial charge >= 0.3 is 11.9 Å². The summed E-state index contributed by atoms with van der Waals surface area (Å²) in [4.78, 5) is 62.0. The standard InChI is InChI=1S/C21H27N5O8/c22-13(5-6-17(28)29)19(32)26-16(10-27)21(34)25-15(20(33)24-9-18(30)31)7-11-8-23-14-4-2-1-3-12(11)14/h1-4,8,13,15-16,23,27H,5-7,9-10,22H2,(H,24,33)(H,25,34)(H,26,32)(H,28,29)(H,30,31). The number of carbonyl (C=O) groups is 5. The topological polar surface area (TPSA) is 224 Å². The van der Waals surface area contributed by atoms with E-state index in [1.807, 2.05) is 18.2 Å². The number of carboxylic acid groups (broad SMARTS) is 2. The number of nitrogens with two attached hydrogens (primary N) is 1. The molecule has 2 rings (SSSR count). The highest BCUT2D eigenvalue weighted by atomic mass is 16.4. The largest absolute Gasteiger partial charge is 0.481 e. The summed E-state index contributed by atoms with van der Waals surface area (Å²) in [6.45, 7) is -1.49. The highest BCUT2D eigenvalue weighted by Gasteiger charge is 2.28. The van der Waals surface area contributed by atoms with E-state index >= 15 is 0 Å². The average molecular weight is 477 g/mol. The minimum Gasteiger partial charge on any atom is -0.481 e. The fourth-order valence-corrected chi connectivity index (χ4v) is 3.17. The van der Waals surface area contributed by atoms with Crippen LogP contribution in [0.3, 0.4) is 0 Å². The monoisotopic (exact) mass is 477 g/mol. The number of aliphatic hydroxyl groups excluding tert-OH is 1. The lowest BCUT2D eigenvalue weighted by molar-refractivity contribution is -0.139. The first-order valence-corrected chi connectivity index (χ1v) is 10.4. The van der Waals surface area contributed by atoms with E-state index in [1.165, 1.54) is 0 Å². The number of aromatic amines is 1. The second kappa shape index (κ2) is 12.3. The number of nitrogens with one attached hydrogen (secondary N) is 4. The van der Waals surface area contributed by atoms with Crippen LogP contribution in [-0.2, 0) is 30.4 Å². The number of aliphatic hydroxyl groups is 1.